The standard InChI is InChI=1S/C15H24FN3O/c1-3-9-19(4-2)10-5-6-15(20)18-14-8-7-12(16)11-13(14)17/h7-8,11H,3-6,9-10,17H2,1-2H3,(H,18,20). The van der Waals surface area contributed by atoms with Crippen molar-refractivity contribution in [3.8, 4) is 0 Å². The largest absolute Gasteiger partial charge is 0.397 e. The van der Waals surface area contributed by atoms with E-state index in [0.29, 0.717) is 12.1 Å². The number of halogens is 1. The van der Waals surface area contributed by atoms with Crippen LogP contribution in [0.1, 0.15) is 33.1 Å². The zero-order valence-corrected chi connectivity index (χ0v) is 12.3. The molecule has 112 valence electrons. The number of nitrogen functional groups attached to an aromatic ring is 1. The van der Waals surface area contributed by atoms with E-state index >= 15 is 0 Å². The SMILES string of the molecule is CCCN(CC)CCCC(=O)Nc1ccc(F)cc1N. The minimum absolute atomic E-state index is 0.0872. The molecule has 3 N–H and O–H groups in total. The Balaban J connectivity index is 2.36. The first-order valence-electron chi connectivity index (χ1n) is 7.14. The van der Waals surface area contributed by atoms with Gasteiger partial charge in [-0.2, -0.15) is 0 Å². The molecule has 0 saturated carbocycles. The number of hydrogen-bond acceptors (Lipinski definition) is 3. The third-order valence-corrected chi connectivity index (χ3v) is 3.15. The first-order valence-corrected chi connectivity index (χ1v) is 7.14. The first-order chi connectivity index (χ1) is 9.56. The van der Waals surface area contributed by atoms with Crippen LogP contribution in [0.15, 0.2) is 18.2 Å². The van der Waals surface area contributed by atoms with Crippen LogP contribution in [0.5, 0.6) is 0 Å². The number of carbonyl (C=O) groups is 1. The highest BCUT2D eigenvalue weighted by atomic mass is 19.1. The van der Waals surface area contributed by atoms with Crippen LogP contribution in [0, 0.1) is 5.82 Å². The molecule has 0 saturated heterocycles. The fourth-order valence-electron chi connectivity index (χ4n) is 2.07. The van der Waals surface area contributed by atoms with Crippen LogP contribution < -0.4 is 11.1 Å². The van der Waals surface area contributed by atoms with Crippen molar-refractivity contribution in [1.82, 2.24) is 4.90 Å². The lowest BCUT2D eigenvalue weighted by molar-refractivity contribution is -0.116. The van der Waals surface area contributed by atoms with E-state index < -0.39 is 5.82 Å². The van der Waals surface area contributed by atoms with Crippen LogP contribution in [0.4, 0.5) is 15.8 Å². The van der Waals surface area contributed by atoms with Gasteiger partial charge in [-0.15, -0.1) is 0 Å². The monoisotopic (exact) mass is 281 g/mol. The van der Waals surface area contributed by atoms with Gasteiger partial charge in [0.05, 0.1) is 11.4 Å². The molecule has 0 aliphatic rings. The molecule has 0 aliphatic heterocycles. The van der Waals surface area contributed by atoms with Crippen molar-refractivity contribution in [2.24, 2.45) is 0 Å². The van der Waals surface area contributed by atoms with Gasteiger partial charge < -0.3 is 16.0 Å². The zero-order valence-electron chi connectivity index (χ0n) is 12.3. The highest BCUT2D eigenvalue weighted by molar-refractivity contribution is 5.93. The van der Waals surface area contributed by atoms with Crippen LogP contribution in [-0.2, 0) is 4.79 Å². The molecule has 1 amide bonds. The molecule has 0 heterocycles. The summed E-state index contributed by atoms with van der Waals surface area (Å²) in [6.07, 6.45) is 2.37. The second kappa shape index (κ2) is 8.53. The molecule has 0 aliphatic carbocycles. The summed E-state index contributed by atoms with van der Waals surface area (Å²) in [5.74, 6) is -0.491. The molecule has 0 spiro atoms. The van der Waals surface area contributed by atoms with Gasteiger partial charge in [0.15, 0.2) is 0 Å². The molecule has 1 aromatic carbocycles. The predicted octanol–water partition coefficient (Wildman–Crippen LogP) is 2.86. The van der Waals surface area contributed by atoms with Crippen LogP contribution in [0.2, 0.25) is 0 Å². The summed E-state index contributed by atoms with van der Waals surface area (Å²) < 4.78 is 12.9. The second-order valence-corrected chi connectivity index (χ2v) is 4.82. The van der Waals surface area contributed by atoms with Gasteiger partial charge in [0.2, 0.25) is 5.91 Å². The molecule has 20 heavy (non-hydrogen) atoms. The zero-order chi connectivity index (χ0) is 15.0. The quantitative estimate of drug-likeness (QED) is 0.720. The summed E-state index contributed by atoms with van der Waals surface area (Å²) in [5.41, 5.74) is 6.36. The maximum Gasteiger partial charge on any atom is 0.224 e. The van der Waals surface area contributed by atoms with Gasteiger partial charge in [0.1, 0.15) is 5.82 Å². The Morgan fingerprint density at radius 2 is 2.10 bits per heavy atom. The van der Waals surface area contributed by atoms with Gasteiger partial charge >= 0.3 is 0 Å². The summed E-state index contributed by atoms with van der Waals surface area (Å²) in [7, 11) is 0. The van der Waals surface area contributed by atoms with E-state index in [2.05, 4.69) is 24.1 Å². The maximum absolute atomic E-state index is 12.9. The van der Waals surface area contributed by atoms with Gasteiger partial charge in [-0.1, -0.05) is 13.8 Å². The van der Waals surface area contributed by atoms with E-state index in [0.717, 1.165) is 32.5 Å². The summed E-state index contributed by atoms with van der Waals surface area (Å²) in [6, 6.07) is 3.97. The van der Waals surface area contributed by atoms with Crippen molar-refractivity contribution < 1.29 is 9.18 Å². The molecule has 4 nitrogen and oxygen atoms in total. The van der Waals surface area contributed by atoms with Crippen molar-refractivity contribution in [2.75, 3.05) is 30.7 Å². The van der Waals surface area contributed by atoms with Crippen LogP contribution in [0.3, 0.4) is 0 Å². The Morgan fingerprint density at radius 1 is 1.35 bits per heavy atom. The summed E-state index contributed by atoms with van der Waals surface area (Å²) in [6.45, 7) is 7.24. The van der Waals surface area contributed by atoms with Gasteiger partial charge in [0.25, 0.3) is 0 Å². The number of nitrogens with one attached hydrogen (secondary N) is 1. The Kier molecular flexibility index (Phi) is 7.01. The summed E-state index contributed by atoms with van der Waals surface area (Å²) in [5, 5.41) is 2.71. The molecule has 0 fully saturated rings. The lowest BCUT2D eigenvalue weighted by Gasteiger charge is -2.19. The average molecular weight is 281 g/mol. The van der Waals surface area contributed by atoms with Crippen molar-refractivity contribution >= 4 is 17.3 Å². The van der Waals surface area contributed by atoms with Crippen molar-refractivity contribution in [3.05, 3.63) is 24.0 Å². The lowest BCUT2D eigenvalue weighted by Crippen LogP contribution is -2.26. The number of hydrogen-bond donors (Lipinski definition) is 2. The van der Waals surface area contributed by atoms with E-state index in [-0.39, 0.29) is 11.6 Å². The second-order valence-electron chi connectivity index (χ2n) is 4.82. The highest BCUT2D eigenvalue weighted by Crippen LogP contribution is 2.19. The summed E-state index contributed by atoms with van der Waals surface area (Å²) in [4.78, 5) is 14.1. The van der Waals surface area contributed by atoms with E-state index in [1.54, 1.807) is 0 Å². The minimum atomic E-state index is -0.404. The smallest absolute Gasteiger partial charge is 0.224 e. The van der Waals surface area contributed by atoms with Gasteiger partial charge in [-0.25, -0.2) is 4.39 Å². The van der Waals surface area contributed by atoms with Gasteiger partial charge in [-0.05, 0) is 50.7 Å². The van der Waals surface area contributed by atoms with Gasteiger partial charge in [0, 0.05) is 6.42 Å². The molecule has 0 aromatic heterocycles. The molecule has 1 aromatic rings. The average Bonchev–Trinajstić information content (AvgIpc) is 2.41. The van der Waals surface area contributed by atoms with E-state index in [1.165, 1.54) is 18.2 Å². The molecular formula is C15H24FN3O. The molecular weight excluding hydrogens is 257 g/mol. The van der Waals surface area contributed by atoms with Crippen LogP contribution in [0.25, 0.3) is 0 Å². The van der Waals surface area contributed by atoms with Crippen LogP contribution >= 0.6 is 0 Å². The van der Waals surface area contributed by atoms with E-state index in [9.17, 15) is 9.18 Å². The number of nitrogens with two attached hydrogens (primary N) is 1. The minimum Gasteiger partial charge on any atom is -0.397 e. The number of carbonyl (C=O) groups excluding carboxylic acids is 1. The lowest BCUT2D eigenvalue weighted by atomic mass is 10.2. The van der Waals surface area contributed by atoms with Crippen molar-refractivity contribution in [2.45, 2.75) is 33.1 Å². The number of amides is 1. The highest BCUT2D eigenvalue weighted by Gasteiger charge is 2.07. The Hall–Kier alpha value is -1.62. The topological polar surface area (TPSA) is 58.4 Å². The number of rotatable bonds is 8. The molecule has 0 unspecified atom stereocenters. The Bertz CT molecular complexity index is 437. The Morgan fingerprint density at radius 3 is 2.70 bits per heavy atom. The van der Waals surface area contributed by atoms with Gasteiger partial charge in [-0.3, -0.25) is 4.79 Å². The molecule has 0 atom stereocenters. The first kappa shape index (κ1) is 16.4. The van der Waals surface area contributed by atoms with Crippen molar-refractivity contribution in [3.63, 3.8) is 0 Å². The third kappa shape index (κ3) is 5.57. The third-order valence-electron chi connectivity index (χ3n) is 3.15. The normalized spacial score (nSPS) is 10.8. The fraction of sp³-hybridized carbons (Fsp3) is 0.533. The molecule has 5 heteroatoms. The number of benzene rings is 1. The fourth-order valence-corrected chi connectivity index (χ4v) is 2.07. The van der Waals surface area contributed by atoms with Crippen molar-refractivity contribution in [1.29, 1.82) is 0 Å². The molecule has 1 rings (SSSR count). The van der Waals surface area contributed by atoms with Crippen LogP contribution in [-0.4, -0.2) is 30.4 Å². The number of nitrogens with zero attached hydrogens (tertiary/aromatic N) is 1. The van der Waals surface area contributed by atoms with E-state index in [1.807, 2.05) is 0 Å². The number of anilines is 2. The Labute approximate surface area is 120 Å². The predicted molar refractivity (Wildman–Crippen MR) is 81.1 cm³/mol. The molecule has 0 bridgehead atoms. The maximum atomic E-state index is 12.9. The summed E-state index contributed by atoms with van der Waals surface area (Å²) >= 11 is 0. The van der Waals surface area contributed by atoms with E-state index in [4.69, 9.17) is 5.73 Å². The molecule has 0 radical (unpaired) electrons.